The van der Waals surface area contributed by atoms with E-state index in [1.54, 1.807) is 12.1 Å². The van der Waals surface area contributed by atoms with Gasteiger partial charge in [-0.2, -0.15) is 0 Å². The Morgan fingerprint density at radius 2 is 2.06 bits per heavy atom. The first-order valence-corrected chi connectivity index (χ1v) is 5.48. The zero-order valence-corrected chi connectivity index (χ0v) is 9.89. The van der Waals surface area contributed by atoms with Crippen LogP contribution in [0.2, 0.25) is 5.02 Å². The third-order valence-corrected chi connectivity index (χ3v) is 2.85. The molecule has 0 spiro atoms. The van der Waals surface area contributed by atoms with Crippen LogP contribution in [0, 0.1) is 0 Å². The van der Waals surface area contributed by atoms with E-state index in [0.29, 0.717) is 16.4 Å². The van der Waals surface area contributed by atoms with Gasteiger partial charge in [-0.3, -0.25) is 9.20 Å². The number of aromatic carboxylic acids is 1. The average Bonchev–Trinajstić information content (AvgIpc) is 2.71. The van der Waals surface area contributed by atoms with E-state index in [1.165, 1.54) is 10.6 Å². The molecule has 18 heavy (non-hydrogen) atoms. The minimum atomic E-state index is -1.14. The molecule has 0 unspecified atom stereocenters. The molecule has 0 saturated carbocycles. The standard InChI is InChI=1S/C11H9ClN2O4/c12-6-1-3-9-13-5-8(11(17)18)14(9)7(6)2-4-10(15)16/h1,3,5H,2,4H2,(H,15,16)(H,17,18). The van der Waals surface area contributed by atoms with Crippen molar-refractivity contribution >= 4 is 29.2 Å². The Morgan fingerprint density at radius 3 is 2.67 bits per heavy atom. The normalized spacial score (nSPS) is 10.7. The monoisotopic (exact) mass is 268 g/mol. The first kappa shape index (κ1) is 12.4. The molecule has 94 valence electrons. The van der Waals surface area contributed by atoms with Crippen LogP contribution in [0.5, 0.6) is 0 Å². The maximum atomic E-state index is 11.1. The molecule has 6 nitrogen and oxygen atoms in total. The topological polar surface area (TPSA) is 91.9 Å². The SMILES string of the molecule is O=C(O)CCc1c(Cl)ccc2ncc(C(=O)O)n12. The molecule has 0 aliphatic rings. The molecule has 0 amide bonds. The van der Waals surface area contributed by atoms with E-state index in [1.807, 2.05) is 0 Å². The van der Waals surface area contributed by atoms with E-state index in [4.69, 9.17) is 21.8 Å². The molecule has 2 aromatic heterocycles. The Hall–Kier alpha value is -2.08. The van der Waals surface area contributed by atoms with Crippen LogP contribution in [-0.2, 0) is 11.2 Å². The highest BCUT2D eigenvalue weighted by Gasteiger charge is 2.16. The minimum Gasteiger partial charge on any atom is -0.481 e. The van der Waals surface area contributed by atoms with Gasteiger partial charge in [-0.25, -0.2) is 9.78 Å². The van der Waals surface area contributed by atoms with Crippen LogP contribution in [-0.4, -0.2) is 31.5 Å². The summed E-state index contributed by atoms with van der Waals surface area (Å²) in [5.41, 5.74) is 0.830. The molecular weight excluding hydrogens is 260 g/mol. The van der Waals surface area contributed by atoms with Gasteiger partial charge in [0.25, 0.3) is 0 Å². The molecule has 2 heterocycles. The Bertz CT molecular complexity index is 635. The lowest BCUT2D eigenvalue weighted by molar-refractivity contribution is -0.136. The Labute approximate surface area is 106 Å². The van der Waals surface area contributed by atoms with Crippen molar-refractivity contribution in [3.05, 3.63) is 34.7 Å². The lowest BCUT2D eigenvalue weighted by Crippen LogP contribution is -2.08. The van der Waals surface area contributed by atoms with Gasteiger partial charge in [-0.05, 0) is 12.1 Å². The number of aromatic nitrogens is 2. The van der Waals surface area contributed by atoms with Gasteiger partial charge in [0, 0.05) is 12.1 Å². The fraction of sp³-hybridized carbons (Fsp3) is 0.182. The van der Waals surface area contributed by atoms with Gasteiger partial charge in [0.2, 0.25) is 0 Å². The molecule has 0 atom stereocenters. The number of fused-ring (bicyclic) bond motifs is 1. The van der Waals surface area contributed by atoms with E-state index in [-0.39, 0.29) is 18.5 Å². The van der Waals surface area contributed by atoms with Crippen molar-refractivity contribution in [3.63, 3.8) is 0 Å². The van der Waals surface area contributed by atoms with Crippen LogP contribution in [0.1, 0.15) is 22.6 Å². The van der Waals surface area contributed by atoms with Gasteiger partial charge in [0.05, 0.1) is 17.6 Å². The maximum absolute atomic E-state index is 11.1. The van der Waals surface area contributed by atoms with E-state index in [0.717, 1.165) is 0 Å². The van der Waals surface area contributed by atoms with E-state index >= 15 is 0 Å². The Kier molecular flexibility index (Phi) is 3.20. The molecule has 0 aromatic carbocycles. The average molecular weight is 269 g/mol. The van der Waals surface area contributed by atoms with Crippen molar-refractivity contribution in [2.45, 2.75) is 12.8 Å². The predicted octanol–water partition coefficient (Wildman–Crippen LogP) is 1.70. The van der Waals surface area contributed by atoms with Crippen LogP contribution in [0.4, 0.5) is 0 Å². The number of hydrogen-bond acceptors (Lipinski definition) is 3. The fourth-order valence-corrected chi connectivity index (χ4v) is 1.97. The lowest BCUT2D eigenvalue weighted by atomic mass is 10.2. The van der Waals surface area contributed by atoms with Crippen molar-refractivity contribution in [2.24, 2.45) is 0 Å². The minimum absolute atomic E-state index is 0.0344. The molecule has 0 fully saturated rings. The molecule has 0 bridgehead atoms. The highest BCUT2D eigenvalue weighted by molar-refractivity contribution is 6.31. The number of carboxylic acids is 2. The zero-order chi connectivity index (χ0) is 13.3. The summed E-state index contributed by atoms with van der Waals surface area (Å²) in [6.07, 6.45) is 1.23. The molecule has 2 aromatic rings. The first-order chi connectivity index (χ1) is 8.50. The van der Waals surface area contributed by atoms with Crippen molar-refractivity contribution < 1.29 is 19.8 Å². The predicted molar refractivity (Wildman–Crippen MR) is 63.1 cm³/mol. The van der Waals surface area contributed by atoms with Gasteiger partial charge in [0.1, 0.15) is 5.65 Å². The van der Waals surface area contributed by atoms with Gasteiger partial charge in [0.15, 0.2) is 5.69 Å². The maximum Gasteiger partial charge on any atom is 0.354 e. The number of halogens is 1. The van der Waals surface area contributed by atoms with Gasteiger partial charge in [-0.1, -0.05) is 11.6 Å². The first-order valence-electron chi connectivity index (χ1n) is 5.10. The molecule has 2 rings (SSSR count). The molecule has 0 aliphatic heterocycles. The van der Waals surface area contributed by atoms with Crippen molar-refractivity contribution in [2.75, 3.05) is 0 Å². The third-order valence-electron chi connectivity index (χ3n) is 2.51. The fourth-order valence-electron chi connectivity index (χ4n) is 1.73. The molecule has 7 heteroatoms. The Balaban J connectivity index is 2.60. The van der Waals surface area contributed by atoms with E-state index in [9.17, 15) is 9.59 Å². The third kappa shape index (κ3) is 2.14. The quantitative estimate of drug-likeness (QED) is 0.880. The smallest absolute Gasteiger partial charge is 0.354 e. The van der Waals surface area contributed by atoms with Crippen molar-refractivity contribution in [3.8, 4) is 0 Å². The highest BCUT2D eigenvalue weighted by atomic mass is 35.5. The number of rotatable bonds is 4. The summed E-state index contributed by atoms with van der Waals surface area (Å²) in [6, 6.07) is 3.16. The molecule has 0 aliphatic carbocycles. The molecular formula is C11H9ClN2O4. The molecule has 0 radical (unpaired) electrons. The summed E-state index contributed by atoms with van der Waals surface area (Å²) >= 11 is 5.99. The number of hydrogen-bond donors (Lipinski definition) is 2. The van der Waals surface area contributed by atoms with Gasteiger partial charge < -0.3 is 10.2 Å². The number of pyridine rings is 1. The number of carbonyl (C=O) groups is 2. The van der Waals surface area contributed by atoms with Crippen LogP contribution in [0.25, 0.3) is 5.65 Å². The number of imidazole rings is 1. The van der Waals surface area contributed by atoms with Crippen molar-refractivity contribution in [1.29, 1.82) is 0 Å². The van der Waals surface area contributed by atoms with Crippen molar-refractivity contribution in [1.82, 2.24) is 9.38 Å². The molecule has 2 N–H and O–H groups in total. The van der Waals surface area contributed by atoms with Gasteiger partial charge in [-0.15, -0.1) is 0 Å². The highest BCUT2D eigenvalue weighted by Crippen LogP contribution is 2.21. The summed E-state index contributed by atoms with van der Waals surface area (Å²) in [7, 11) is 0. The van der Waals surface area contributed by atoms with Crippen LogP contribution >= 0.6 is 11.6 Å². The van der Waals surface area contributed by atoms with Gasteiger partial charge >= 0.3 is 11.9 Å². The van der Waals surface area contributed by atoms with E-state index in [2.05, 4.69) is 4.98 Å². The number of aryl methyl sites for hydroxylation is 1. The summed E-state index contributed by atoms with van der Waals surface area (Å²) in [5, 5.41) is 18.1. The van der Waals surface area contributed by atoms with Crippen LogP contribution in [0.3, 0.4) is 0 Å². The zero-order valence-electron chi connectivity index (χ0n) is 9.13. The second-order valence-corrected chi connectivity index (χ2v) is 4.07. The summed E-state index contributed by atoms with van der Waals surface area (Å²) < 4.78 is 1.37. The lowest BCUT2D eigenvalue weighted by Gasteiger charge is -2.08. The van der Waals surface area contributed by atoms with E-state index < -0.39 is 11.9 Å². The summed E-state index contributed by atoms with van der Waals surface area (Å²) in [5.74, 6) is -2.11. The summed E-state index contributed by atoms with van der Waals surface area (Å²) in [4.78, 5) is 25.6. The Morgan fingerprint density at radius 1 is 1.33 bits per heavy atom. The summed E-state index contributed by atoms with van der Waals surface area (Å²) in [6.45, 7) is 0. The number of nitrogens with zero attached hydrogens (tertiary/aromatic N) is 2. The largest absolute Gasteiger partial charge is 0.481 e. The second-order valence-electron chi connectivity index (χ2n) is 3.66. The van der Waals surface area contributed by atoms with Crippen LogP contribution < -0.4 is 0 Å². The number of carboxylic acid groups (broad SMARTS) is 2. The number of aliphatic carboxylic acids is 1. The molecule has 0 saturated heterocycles. The second kappa shape index (κ2) is 4.66. The van der Waals surface area contributed by atoms with Crippen LogP contribution in [0.15, 0.2) is 18.3 Å².